The SMILES string of the molecule is CC[C@@H](C(=O)NC1CCCCC1)N(Cc1cccc(OC)c1)C(=O)CN(c1cc(Cl)ccc1Cl)S(C)(=O)=O. The number of hydrogen-bond donors (Lipinski definition) is 1. The predicted octanol–water partition coefficient (Wildman–Crippen LogP) is 5.02. The molecule has 2 aromatic rings. The molecule has 0 spiro atoms. The molecule has 1 aliphatic rings. The lowest BCUT2D eigenvalue weighted by Gasteiger charge is -2.34. The Labute approximate surface area is 235 Å². The van der Waals surface area contributed by atoms with Crippen molar-refractivity contribution >= 4 is 50.7 Å². The van der Waals surface area contributed by atoms with Crippen LogP contribution in [0.4, 0.5) is 5.69 Å². The summed E-state index contributed by atoms with van der Waals surface area (Å²) in [6, 6.07) is 10.9. The Morgan fingerprint density at radius 1 is 1.11 bits per heavy atom. The number of anilines is 1. The molecule has 8 nitrogen and oxygen atoms in total. The van der Waals surface area contributed by atoms with Crippen molar-refractivity contribution < 1.29 is 22.7 Å². The van der Waals surface area contributed by atoms with Crippen molar-refractivity contribution in [2.75, 3.05) is 24.2 Å². The molecular weight excluding hydrogens is 549 g/mol. The molecule has 1 fully saturated rings. The number of halogens is 2. The third kappa shape index (κ3) is 8.01. The van der Waals surface area contributed by atoms with E-state index in [1.165, 1.54) is 23.1 Å². The Morgan fingerprint density at radius 2 is 1.82 bits per heavy atom. The first-order valence-electron chi connectivity index (χ1n) is 12.7. The number of sulfonamides is 1. The summed E-state index contributed by atoms with van der Waals surface area (Å²) in [4.78, 5) is 28.7. The fraction of sp³-hybridized carbons (Fsp3) is 0.481. The molecule has 38 heavy (non-hydrogen) atoms. The third-order valence-electron chi connectivity index (χ3n) is 6.68. The van der Waals surface area contributed by atoms with Gasteiger partial charge < -0.3 is 15.0 Å². The molecule has 11 heteroatoms. The number of rotatable bonds is 11. The minimum atomic E-state index is -3.92. The number of nitrogens with one attached hydrogen (secondary N) is 1. The largest absolute Gasteiger partial charge is 0.497 e. The average molecular weight is 585 g/mol. The summed E-state index contributed by atoms with van der Waals surface area (Å²) in [7, 11) is -2.37. The van der Waals surface area contributed by atoms with Crippen LogP contribution in [0.3, 0.4) is 0 Å². The molecule has 1 saturated carbocycles. The first kappa shape index (κ1) is 30.1. The highest BCUT2D eigenvalue weighted by molar-refractivity contribution is 7.92. The molecule has 0 unspecified atom stereocenters. The molecule has 208 valence electrons. The quantitative estimate of drug-likeness (QED) is 0.400. The van der Waals surface area contributed by atoms with Crippen LogP contribution in [-0.2, 0) is 26.2 Å². The topological polar surface area (TPSA) is 96.0 Å². The molecule has 0 saturated heterocycles. The van der Waals surface area contributed by atoms with Gasteiger partial charge in [0.15, 0.2) is 0 Å². The molecule has 0 radical (unpaired) electrons. The van der Waals surface area contributed by atoms with E-state index in [-0.39, 0.29) is 34.2 Å². The second-order valence-electron chi connectivity index (χ2n) is 9.51. The molecule has 2 aromatic carbocycles. The molecule has 1 aliphatic carbocycles. The second-order valence-corrected chi connectivity index (χ2v) is 12.3. The molecular formula is C27H35Cl2N3O5S. The maximum Gasteiger partial charge on any atom is 0.244 e. The lowest BCUT2D eigenvalue weighted by Crippen LogP contribution is -2.54. The Hall–Kier alpha value is -2.49. The number of methoxy groups -OCH3 is 1. The average Bonchev–Trinajstić information content (AvgIpc) is 2.88. The zero-order chi connectivity index (χ0) is 27.9. The van der Waals surface area contributed by atoms with Crippen molar-refractivity contribution in [2.45, 2.75) is 64.1 Å². The van der Waals surface area contributed by atoms with Gasteiger partial charge in [-0.15, -0.1) is 0 Å². The van der Waals surface area contributed by atoms with Crippen molar-refractivity contribution in [2.24, 2.45) is 0 Å². The summed E-state index contributed by atoms with van der Waals surface area (Å²) in [6.07, 6.45) is 6.41. The zero-order valence-electron chi connectivity index (χ0n) is 22.0. The van der Waals surface area contributed by atoms with Gasteiger partial charge in [-0.25, -0.2) is 8.42 Å². The lowest BCUT2D eigenvalue weighted by atomic mass is 9.95. The Morgan fingerprint density at radius 3 is 2.45 bits per heavy atom. The van der Waals surface area contributed by atoms with Gasteiger partial charge in [-0.3, -0.25) is 13.9 Å². The summed E-state index contributed by atoms with van der Waals surface area (Å²) in [6.45, 7) is 1.38. The van der Waals surface area contributed by atoms with E-state index in [1.807, 2.05) is 13.0 Å². The van der Waals surface area contributed by atoms with Gasteiger partial charge in [0.25, 0.3) is 0 Å². The van der Waals surface area contributed by atoms with Gasteiger partial charge >= 0.3 is 0 Å². The van der Waals surface area contributed by atoms with E-state index in [2.05, 4.69) is 5.32 Å². The smallest absolute Gasteiger partial charge is 0.244 e. The fourth-order valence-electron chi connectivity index (χ4n) is 4.70. The van der Waals surface area contributed by atoms with Crippen molar-refractivity contribution in [3.05, 3.63) is 58.1 Å². The van der Waals surface area contributed by atoms with Crippen molar-refractivity contribution in [1.29, 1.82) is 0 Å². The molecule has 1 atom stereocenters. The molecule has 0 bridgehead atoms. The zero-order valence-corrected chi connectivity index (χ0v) is 24.3. The van der Waals surface area contributed by atoms with E-state index in [4.69, 9.17) is 27.9 Å². The number of amides is 2. The number of ether oxygens (including phenoxy) is 1. The monoisotopic (exact) mass is 583 g/mol. The second kappa shape index (κ2) is 13.5. The van der Waals surface area contributed by atoms with Gasteiger partial charge in [-0.05, 0) is 55.2 Å². The highest BCUT2D eigenvalue weighted by Gasteiger charge is 2.33. The third-order valence-corrected chi connectivity index (χ3v) is 8.36. The van der Waals surface area contributed by atoms with E-state index >= 15 is 0 Å². The van der Waals surface area contributed by atoms with Crippen molar-refractivity contribution in [3.8, 4) is 5.75 Å². The van der Waals surface area contributed by atoms with Gasteiger partial charge in [0.2, 0.25) is 21.8 Å². The predicted molar refractivity (Wildman–Crippen MR) is 151 cm³/mol. The summed E-state index contributed by atoms with van der Waals surface area (Å²) >= 11 is 12.4. The van der Waals surface area contributed by atoms with Crippen LogP contribution in [0.5, 0.6) is 5.75 Å². The minimum Gasteiger partial charge on any atom is -0.497 e. The summed E-state index contributed by atoms with van der Waals surface area (Å²) in [5, 5.41) is 3.53. The van der Waals surface area contributed by atoms with Crippen molar-refractivity contribution in [3.63, 3.8) is 0 Å². The lowest BCUT2D eigenvalue weighted by molar-refractivity contribution is -0.140. The molecule has 3 rings (SSSR count). The number of carbonyl (C=O) groups is 2. The van der Waals surface area contributed by atoms with Crippen LogP contribution in [-0.4, -0.2) is 57.1 Å². The van der Waals surface area contributed by atoms with Crippen LogP contribution in [0.25, 0.3) is 0 Å². The Bertz CT molecular complexity index is 1230. The fourth-order valence-corrected chi connectivity index (χ4v) is 5.99. The highest BCUT2D eigenvalue weighted by atomic mass is 35.5. The maximum atomic E-state index is 13.9. The van der Waals surface area contributed by atoms with E-state index in [0.717, 1.165) is 48.2 Å². The summed E-state index contributed by atoms with van der Waals surface area (Å²) < 4.78 is 31.8. The van der Waals surface area contributed by atoms with Gasteiger partial charge in [0.1, 0.15) is 18.3 Å². The Balaban J connectivity index is 1.96. The van der Waals surface area contributed by atoms with Gasteiger partial charge in [-0.1, -0.05) is 61.5 Å². The first-order chi connectivity index (χ1) is 18.0. The van der Waals surface area contributed by atoms with Crippen LogP contribution in [0.1, 0.15) is 51.0 Å². The van der Waals surface area contributed by atoms with Crippen LogP contribution < -0.4 is 14.4 Å². The number of hydrogen-bond acceptors (Lipinski definition) is 5. The van der Waals surface area contributed by atoms with Gasteiger partial charge in [-0.2, -0.15) is 0 Å². The van der Waals surface area contributed by atoms with E-state index in [1.54, 1.807) is 25.3 Å². The molecule has 0 aliphatic heterocycles. The van der Waals surface area contributed by atoms with Gasteiger partial charge in [0.05, 0.1) is 24.1 Å². The van der Waals surface area contributed by atoms with E-state index in [0.29, 0.717) is 12.2 Å². The normalized spacial score (nSPS) is 15.0. The van der Waals surface area contributed by atoms with Crippen LogP contribution >= 0.6 is 23.2 Å². The van der Waals surface area contributed by atoms with E-state index in [9.17, 15) is 18.0 Å². The minimum absolute atomic E-state index is 0.0665. The molecule has 1 N–H and O–H groups in total. The molecule has 2 amide bonds. The van der Waals surface area contributed by atoms with Crippen LogP contribution in [0, 0.1) is 0 Å². The standard InChI is InChI=1S/C27H35Cl2N3O5S/c1-4-24(27(34)30-21-10-6-5-7-11-21)31(17-19-9-8-12-22(15-19)37-2)26(33)18-32(38(3,35)36)25-16-20(28)13-14-23(25)29/h8-9,12-16,21,24H,4-7,10-11,17-18H2,1-3H3,(H,30,34)/t24-/m0/s1. The maximum absolute atomic E-state index is 13.9. The van der Waals surface area contributed by atoms with Crippen LogP contribution in [0.2, 0.25) is 10.0 Å². The molecule has 0 heterocycles. The van der Waals surface area contributed by atoms with E-state index < -0.39 is 28.5 Å². The number of benzene rings is 2. The van der Waals surface area contributed by atoms with Crippen molar-refractivity contribution in [1.82, 2.24) is 10.2 Å². The number of carbonyl (C=O) groups excluding carboxylic acids is 2. The summed E-state index contributed by atoms with van der Waals surface area (Å²) in [5.74, 6) is -0.180. The first-order valence-corrected chi connectivity index (χ1v) is 15.3. The molecule has 0 aromatic heterocycles. The van der Waals surface area contributed by atoms with Gasteiger partial charge in [0, 0.05) is 17.6 Å². The highest BCUT2D eigenvalue weighted by Crippen LogP contribution is 2.31. The van der Waals surface area contributed by atoms with Crippen LogP contribution in [0.15, 0.2) is 42.5 Å². The number of nitrogens with zero attached hydrogens (tertiary/aromatic N) is 2. The summed E-state index contributed by atoms with van der Waals surface area (Å²) in [5.41, 5.74) is 0.837. The Kier molecular flexibility index (Phi) is 10.7.